The number of likely N-dealkylation sites (N-methyl/N-ethyl adjacent to an activating group) is 1. The van der Waals surface area contributed by atoms with Crippen LogP contribution in [-0.4, -0.2) is 24.6 Å². The van der Waals surface area contributed by atoms with Gasteiger partial charge in [-0.1, -0.05) is 18.2 Å². The predicted octanol–water partition coefficient (Wildman–Crippen LogP) is 1.91. The first-order valence-corrected chi connectivity index (χ1v) is 6.51. The van der Waals surface area contributed by atoms with E-state index in [9.17, 15) is 14.9 Å². The number of rotatable bonds is 1. The van der Waals surface area contributed by atoms with Gasteiger partial charge < -0.3 is 9.64 Å². The molecule has 2 amide bonds. The number of benzene rings is 1. The Morgan fingerprint density at radius 3 is 2.57 bits per heavy atom. The summed E-state index contributed by atoms with van der Waals surface area (Å²) >= 11 is 0. The summed E-state index contributed by atoms with van der Waals surface area (Å²) in [5, 5.41) is 12.0. The van der Waals surface area contributed by atoms with E-state index in [1.165, 1.54) is 4.90 Å². The fourth-order valence-corrected chi connectivity index (χ4v) is 2.27. The van der Waals surface area contributed by atoms with Crippen molar-refractivity contribution in [1.82, 2.24) is 5.32 Å². The zero-order valence-electron chi connectivity index (χ0n) is 12.4. The van der Waals surface area contributed by atoms with Crippen molar-refractivity contribution in [1.29, 1.82) is 5.26 Å². The number of hydrogen-bond donors (Lipinski definition) is 1. The third-order valence-corrected chi connectivity index (χ3v) is 3.15. The third-order valence-electron chi connectivity index (χ3n) is 3.15. The Bertz CT molecular complexity index is 642. The average molecular weight is 287 g/mol. The molecule has 0 spiro atoms. The molecule has 0 radical (unpaired) electrons. The normalized spacial score (nSPS) is 20.7. The maximum atomic E-state index is 12.4. The lowest BCUT2D eigenvalue weighted by Crippen LogP contribution is -2.52. The molecule has 0 saturated heterocycles. The quantitative estimate of drug-likeness (QED) is 0.855. The van der Waals surface area contributed by atoms with E-state index in [2.05, 4.69) is 5.32 Å². The van der Waals surface area contributed by atoms with Crippen molar-refractivity contribution >= 4 is 17.7 Å². The van der Waals surface area contributed by atoms with E-state index in [0.29, 0.717) is 11.3 Å². The molecule has 1 atom stereocenters. The Balaban J connectivity index is 2.41. The van der Waals surface area contributed by atoms with Crippen molar-refractivity contribution in [3.63, 3.8) is 0 Å². The summed E-state index contributed by atoms with van der Waals surface area (Å²) < 4.78 is 5.15. The number of ether oxygens (including phenoxy) is 1. The standard InChI is InChI=1S/C15H17N3O3/c1-14(2,3)21-13(20)17-15(9-16)10-7-5-6-8-11(10)18(4)12(15)19/h5-8H,1-4H3,(H,17,20). The van der Waals surface area contributed by atoms with E-state index in [4.69, 9.17) is 4.74 Å². The molecule has 6 heteroatoms. The molecule has 1 N–H and O–H groups in total. The molecule has 1 aliphatic heterocycles. The zero-order valence-corrected chi connectivity index (χ0v) is 12.4. The van der Waals surface area contributed by atoms with Gasteiger partial charge in [0.05, 0.1) is 5.69 Å². The van der Waals surface area contributed by atoms with Gasteiger partial charge in [0.25, 0.3) is 5.91 Å². The highest BCUT2D eigenvalue weighted by Gasteiger charge is 2.52. The number of nitriles is 1. The molecule has 1 aliphatic rings. The lowest BCUT2D eigenvalue weighted by Gasteiger charge is -2.25. The van der Waals surface area contributed by atoms with E-state index in [-0.39, 0.29) is 0 Å². The van der Waals surface area contributed by atoms with Gasteiger partial charge in [0.15, 0.2) is 0 Å². The van der Waals surface area contributed by atoms with Crippen LogP contribution in [0.2, 0.25) is 0 Å². The van der Waals surface area contributed by atoms with Gasteiger partial charge in [-0.2, -0.15) is 5.26 Å². The molecule has 0 aliphatic carbocycles. The second-order valence-corrected chi connectivity index (χ2v) is 5.87. The van der Waals surface area contributed by atoms with E-state index in [0.717, 1.165) is 0 Å². The van der Waals surface area contributed by atoms with Crippen molar-refractivity contribution in [3.05, 3.63) is 29.8 Å². The molecule has 2 rings (SSSR count). The second kappa shape index (κ2) is 4.77. The molecule has 6 nitrogen and oxygen atoms in total. The van der Waals surface area contributed by atoms with Crippen LogP contribution in [0.4, 0.5) is 10.5 Å². The first-order chi connectivity index (χ1) is 9.71. The number of para-hydroxylation sites is 1. The lowest BCUT2D eigenvalue weighted by atomic mass is 9.93. The van der Waals surface area contributed by atoms with Crippen LogP contribution in [-0.2, 0) is 15.1 Å². The number of amides is 2. The lowest BCUT2D eigenvalue weighted by molar-refractivity contribution is -0.122. The minimum atomic E-state index is -1.74. The maximum Gasteiger partial charge on any atom is 0.409 e. The Hall–Kier alpha value is -2.55. The summed E-state index contributed by atoms with van der Waals surface area (Å²) in [5.74, 6) is -0.503. The number of hydrogen-bond acceptors (Lipinski definition) is 4. The molecule has 110 valence electrons. The predicted molar refractivity (Wildman–Crippen MR) is 76.5 cm³/mol. The molecule has 0 fully saturated rings. The summed E-state index contributed by atoms with van der Waals surface area (Å²) in [6, 6.07) is 8.79. The van der Waals surface area contributed by atoms with Crippen LogP contribution in [0, 0.1) is 11.3 Å². The van der Waals surface area contributed by atoms with Crippen LogP contribution in [0.1, 0.15) is 26.3 Å². The van der Waals surface area contributed by atoms with Crippen LogP contribution in [0.25, 0.3) is 0 Å². The molecule has 0 bridgehead atoms. The van der Waals surface area contributed by atoms with Gasteiger partial charge in [-0.05, 0) is 26.8 Å². The zero-order chi connectivity index (χ0) is 15.8. The number of carbonyl (C=O) groups is 2. The summed E-state index contributed by atoms with van der Waals surface area (Å²) in [4.78, 5) is 25.8. The van der Waals surface area contributed by atoms with Gasteiger partial charge in [0.2, 0.25) is 5.54 Å². The number of nitrogens with one attached hydrogen (secondary N) is 1. The molecular formula is C15H17N3O3. The number of alkyl carbamates (subject to hydrolysis) is 1. The SMILES string of the molecule is CN1C(=O)C(C#N)(NC(=O)OC(C)(C)C)c2ccccc21. The highest BCUT2D eigenvalue weighted by atomic mass is 16.6. The summed E-state index contributed by atoms with van der Waals surface area (Å²) in [6.07, 6.45) is -0.803. The van der Waals surface area contributed by atoms with Crippen LogP contribution >= 0.6 is 0 Å². The van der Waals surface area contributed by atoms with Gasteiger partial charge >= 0.3 is 6.09 Å². The highest BCUT2D eigenvalue weighted by molar-refractivity contribution is 6.10. The molecule has 1 heterocycles. The number of fused-ring (bicyclic) bond motifs is 1. The maximum absolute atomic E-state index is 12.4. The first kappa shape index (κ1) is 14.9. The van der Waals surface area contributed by atoms with Gasteiger partial charge in [-0.25, -0.2) is 4.79 Å². The Morgan fingerprint density at radius 1 is 1.38 bits per heavy atom. The van der Waals surface area contributed by atoms with Crippen LogP contribution in [0.3, 0.4) is 0 Å². The second-order valence-electron chi connectivity index (χ2n) is 5.87. The van der Waals surface area contributed by atoms with Crippen molar-refractivity contribution in [2.45, 2.75) is 31.9 Å². The van der Waals surface area contributed by atoms with Gasteiger partial charge in [-0.3, -0.25) is 10.1 Å². The summed E-state index contributed by atoms with van der Waals surface area (Å²) in [7, 11) is 1.57. The van der Waals surface area contributed by atoms with Crippen molar-refractivity contribution in [2.75, 3.05) is 11.9 Å². The number of nitrogens with zero attached hydrogens (tertiary/aromatic N) is 2. The van der Waals surface area contributed by atoms with E-state index >= 15 is 0 Å². The van der Waals surface area contributed by atoms with Gasteiger partial charge in [0.1, 0.15) is 11.7 Å². The topological polar surface area (TPSA) is 82.4 Å². The van der Waals surface area contributed by atoms with E-state index < -0.39 is 23.1 Å². The average Bonchev–Trinajstić information content (AvgIpc) is 2.60. The largest absolute Gasteiger partial charge is 0.444 e. The fourth-order valence-electron chi connectivity index (χ4n) is 2.27. The molecule has 0 saturated carbocycles. The molecule has 21 heavy (non-hydrogen) atoms. The highest BCUT2D eigenvalue weighted by Crippen LogP contribution is 2.39. The monoisotopic (exact) mass is 287 g/mol. The Labute approximate surface area is 123 Å². The van der Waals surface area contributed by atoms with Crippen molar-refractivity contribution in [3.8, 4) is 6.07 Å². The van der Waals surface area contributed by atoms with Crippen LogP contribution < -0.4 is 10.2 Å². The van der Waals surface area contributed by atoms with Crippen LogP contribution in [0.15, 0.2) is 24.3 Å². The van der Waals surface area contributed by atoms with Gasteiger partial charge in [0, 0.05) is 12.6 Å². The molecule has 1 aromatic carbocycles. The van der Waals surface area contributed by atoms with Crippen molar-refractivity contribution < 1.29 is 14.3 Å². The molecule has 1 aromatic rings. The fraction of sp³-hybridized carbons (Fsp3) is 0.400. The molecular weight excluding hydrogens is 270 g/mol. The Morgan fingerprint density at radius 2 is 2.00 bits per heavy atom. The minimum absolute atomic E-state index is 0.450. The summed E-state index contributed by atoms with van der Waals surface area (Å²) in [6.45, 7) is 5.13. The smallest absolute Gasteiger partial charge is 0.409 e. The molecule has 0 aromatic heterocycles. The summed E-state index contributed by atoms with van der Waals surface area (Å²) in [5.41, 5.74) is -1.41. The van der Waals surface area contributed by atoms with E-state index in [1.54, 1.807) is 52.1 Å². The van der Waals surface area contributed by atoms with Crippen molar-refractivity contribution in [2.24, 2.45) is 0 Å². The number of anilines is 1. The number of carbonyl (C=O) groups excluding carboxylic acids is 2. The van der Waals surface area contributed by atoms with E-state index in [1.807, 2.05) is 6.07 Å². The van der Waals surface area contributed by atoms with Gasteiger partial charge in [-0.15, -0.1) is 0 Å². The third kappa shape index (κ3) is 2.42. The molecule has 1 unspecified atom stereocenters. The van der Waals surface area contributed by atoms with Crippen LogP contribution in [0.5, 0.6) is 0 Å². The first-order valence-electron chi connectivity index (χ1n) is 6.51. The minimum Gasteiger partial charge on any atom is -0.444 e. The Kier molecular flexibility index (Phi) is 3.38.